The van der Waals surface area contributed by atoms with Gasteiger partial charge in [-0.15, -0.1) is 0 Å². The van der Waals surface area contributed by atoms with Crippen LogP contribution in [0.25, 0.3) is 0 Å². The van der Waals surface area contributed by atoms with Gasteiger partial charge in [0, 0.05) is 36.3 Å². The first-order chi connectivity index (χ1) is 14.9. The van der Waals surface area contributed by atoms with Crippen molar-refractivity contribution in [1.82, 2.24) is 9.88 Å². The van der Waals surface area contributed by atoms with Gasteiger partial charge in [-0.2, -0.15) is 0 Å². The summed E-state index contributed by atoms with van der Waals surface area (Å²) in [6.07, 6.45) is 3.47. The van der Waals surface area contributed by atoms with Crippen LogP contribution in [0, 0.1) is 5.41 Å². The second-order valence-electron chi connectivity index (χ2n) is 9.86. The maximum Gasteiger partial charge on any atom is 0.232 e. The molecule has 32 heavy (non-hydrogen) atoms. The lowest BCUT2D eigenvalue weighted by atomic mass is 9.84. The van der Waals surface area contributed by atoms with Crippen molar-refractivity contribution in [3.05, 3.63) is 58.4 Å². The summed E-state index contributed by atoms with van der Waals surface area (Å²) in [5.41, 5.74) is 4.21. The molecule has 1 aromatic heterocycles. The highest BCUT2D eigenvalue weighted by atomic mass is 32.2. The van der Waals surface area contributed by atoms with Crippen LogP contribution in [0.3, 0.4) is 0 Å². The zero-order valence-electron chi connectivity index (χ0n) is 19.3. The zero-order chi connectivity index (χ0) is 23.4. The van der Waals surface area contributed by atoms with E-state index in [2.05, 4.69) is 4.98 Å². The van der Waals surface area contributed by atoms with E-state index in [-0.39, 0.29) is 17.7 Å². The first-order valence-corrected chi connectivity index (χ1v) is 12.7. The number of Topliss-reactive ketones (excluding diaryl/α,β-unsaturated/α-hetero) is 1. The zero-order valence-corrected chi connectivity index (χ0v) is 20.1. The average molecular weight is 455 g/mol. The van der Waals surface area contributed by atoms with Crippen LogP contribution in [-0.2, 0) is 22.0 Å². The molecule has 8 heteroatoms. The number of nitrogens with one attached hydrogen (secondary N) is 1. The highest BCUT2D eigenvalue weighted by Gasteiger charge is 2.32. The van der Waals surface area contributed by atoms with E-state index in [0.717, 1.165) is 35.9 Å². The summed E-state index contributed by atoms with van der Waals surface area (Å²) >= 11 is 0. The molecule has 2 heterocycles. The van der Waals surface area contributed by atoms with Crippen LogP contribution in [0.2, 0.25) is 0 Å². The minimum atomic E-state index is -3.43. The number of aromatic nitrogens is 1. The van der Waals surface area contributed by atoms with Crippen molar-refractivity contribution >= 4 is 27.3 Å². The van der Waals surface area contributed by atoms with E-state index in [1.54, 1.807) is 23.1 Å². The number of nitrogens with zero attached hydrogens (tertiary/aromatic N) is 3. The Labute approximate surface area is 190 Å². The first-order valence-electron chi connectivity index (χ1n) is 10.8. The molecule has 0 radical (unpaired) electrons. The van der Waals surface area contributed by atoms with Gasteiger partial charge in [0.15, 0.2) is 5.78 Å². The van der Waals surface area contributed by atoms with Crippen molar-refractivity contribution in [3.63, 3.8) is 0 Å². The smallest absolute Gasteiger partial charge is 0.232 e. The molecule has 2 aromatic rings. The molecule has 0 spiro atoms. The van der Waals surface area contributed by atoms with E-state index >= 15 is 0 Å². The van der Waals surface area contributed by atoms with Crippen LogP contribution in [0.5, 0.6) is 0 Å². The van der Waals surface area contributed by atoms with Gasteiger partial charge in [-0.25, -0.2) is 13.4 Å². The fourth-order valence-electron chi connectivity index (χ4n) is 4.04. The van der Waals surface area contributed by atoms with Crippen molar-refractivity contribution < 1.29 is 13.2 Å². The van der Waals surface area contributed by atoms with E-state index in [4.69, 9.17) is 5.41 Å². The monoisotopic (exact) mass is 454 g/mol. The summed E-state index contributed by atoms with van der Waals surface area (Å²) in [7, 11) is -1.91. The van der Waals surface area contributed by atoms with Crippen LogP contribution in [0.1, 0.15) is 72.4 Å². The summed E-state index contributed by atoms with van der Waals surface area (Å²) in [4.78, 5) is 19.6. The van der Waals surface area contributed by atoms with Crippen molar-refractivity contribution in [1.29, 1.82) is 5.41 Å². The summed E-state index contributed by atoms with van der Waals surface area (Å²) in [5, 5.41) is 8.54. The van der Waals surface area contributed by atoms with Crippen LogP contribution in [0.15, 0.2) is 30.3 Å². The van der Waals surface area contributed by atoms with Crippen LogP contribution in [-0.4, -0.2) is 49.8 Å². The quantitative estimate of drug-likeness (QED) is 0.672. The van der Waals surface area contributed by atoms with Gasteiger partial charge in [0.25, 0.3) is 0 Å². The average Bonchev–Trinajstić information content (AvgIpc) is 3.51. The number of fused-ring (bicyclic) bond motifs is 1. The normalized spacial score (nSPS) is 16.3. The fraction of sp³-hybridized carbons (Fsp3) is 0.458. The Balaban J connectivity index is 1.58. The topological polar surface area (TPSA) is 94.4 Å². The van der Waals surface area contributed by atoms with E-state index in [1.165, 1.54) is 11.4 Å². The molecule has 4 rings (SSSR count). The summed E-state index contributed by atoms with van der Waals surface area (Å²) in [5.74, 6) is 0.701. The Bertz CT molecular complexity index is 1210. The van der Waals surface area contributed by atoms with Crippen molar-refractivity contribution in [2.75, 3.05) is 24.2 Å². The maximum absolute atomic E-state index is 13.1. The van der Waals surface area contributed by atoms with E-state index in [9.17, 15) is 13.2 Å². The Morgan fingerprint density at radius 2 is 1.91 bits per heavy atom. The lowest BCUT2D eigenvalue weighted by molar-refractivity contribution is 0.0962. The first kappa shape index (κ1) is 22.5. The predicted molar refractivity (Wildman–Crippen MR) is 126 cm³/mol. The molecule has 1 fully saturated rings. The van der Waals surface area contributed by atoms with Crippen molar-refractivity contribution in [2.45, 2.75) is 51.5 Å². The van der Waals surface area contributed by atoms with Crippen LogP contribution >= 0.6 is 0 Å². The number of carbonyl (C=O) groups excluding carboxylic acids is 1. The van der Waals surface area contributed by atoms with Gasteiger partial charge in [-0.05, 0) is 48.1 Å². The third-order valence-electron chi connectivity index (χ3n) is 6.20. The molecule has 0 bridgehead atoms. The number of anilines is 1. The number of ketones is 1. The maximum atomic E-state index is 13.1. The molecule has 1 aliphatic carbocycles. The lowest BCUT2D eigenvalue weighted by Gasteiger charge is -2.28. The molecule has 1 aliphatic heterocycles. The predicted octanol–water partition coefficient (Wildman–Crippen LogP) is 3.68. The molecule has 7 nitrogen and oxygen atoms in total. The number of benzene rings is 1. The molecule has 1 saturated carbocycles. The highest BCUT2D eigenvalue weighted by molar-refractivity contribution is 7.92. The Morgan fingerprint density at radius 1 is 1.22 bits per heavy atom. The van der Waals surface area contributed by atoms with E-state index in [0.29, 0.717) is 35.2 Å². The number of carbonyl (C=O) groups is 1. The number of hydrogen-bond donors (Lipinski definition) is 1. The highest BCUT2D eigenvalue weighted by Crippen LogP contribution is 2.40. The Morgan fingerprint density at radius 3 is 2.50 bits per heavy atom. The standard InChI is InChI=1S/C24H30N4O3S/c1-24(2,3)18-12-16(9-11-20(18)27(4)32(5,30)31)21(29)14-28-13-17-8-10-19(15-6-7-15)26-22(17)23(28)25/h8-12,15,25H,6-7,13-14H2,1-5H3. The third-order valence-corrected chi connectivity index (χ3v) is 7.39. The largest absolute Gasteiger partial charge is 0.343 e. The van der Waals surface area contributed by atoms with Crippen molar-refractivity contribution in [2.24, 2.45) is 0 Å². The van der Waals surface area contributed by atoms with Gasteiger partial charge in [-0.1, -0.05) is 26.8 Å². The molecule has 170 valence electrons. The van der Waals surface area contributed by atoms with Crippen LogP contribution in [0.4, 0.5) is 5.69 Å². The number of pyridine rings is 1. The van der Waals surface area contributed by atoms with E-state index < -0.39 is 10.0 Å². The Kier molecular flexibility index (Phi) is 5.40. The van der Waals surface area contributed by atoms with Gasteiger partial charge in [0.1, 0.15) is 11.5 Å². The van der Waals surface area contributed by atoms with Crippen LogP contribution < -0.4 is 4.31 Å². The molecule has 0 saturated heterocycles. The van der Waals surface area contributed by atoms with E-state index in [1.807, 2.05) is 32.9 Å². The molecule has 2 aliphatic rings. The molecule has 1 aromatic carbocycles. The number of hydrogen-bond acceptors (Lipinski definition) is 5. The molecule has 0 unspecified atom stereocenters. The van der Waals surface area contributed by atoms with Gasteiger partial charge < -0.3 is 4.90 Å². The summed E-state index contributed by atoms with van der Waals surface area (Å²) in [6.45, 7) is 6.56. The molecule has 1 N–H and O–H groups in total. The molecule has 0 atom stereocenters. The molecular weight excluding hydrogens is 424 g/mol. The number of sulfonamides is 1. The summed E-state index contributed by atoms with van der Waals surface area (Å²) < 4.78 is 25.4. The second-order valence-corrected chi connectivity index (χ2v) is 11.9. The number of rotatable bonds is 6. The molecule has 0 amide bonds. The van der Waals surface area contributed by atoms with Gasteiger partial charge in [0.05, 0.1) is 18.5 Å². The summed E-state index contributed by atoms with van der Waals surface area (Å²) in [6, 6.07) is 9.23. The SMILES string of the molecule is CN(c1ccc(C(=O)CN2Cc3ccc(C4CC4)nc3C2=N)cc1C(C)(C)C)S(C)(=O)=O. The number of amidine groups is 1. The van der Waals surface area contributed by atoms with Crippen molar-refractivity contribution in [3.8, 4) is 0 Å². The second kappa shape index (κ2) is 7.69. The Hall–Kier alpha value is -2.74. The van der Waals surface area contributed by atoms with Gasteiger partial charge in [0.2, 0.25) is 10.0 Å². The third kappa shape index (κ3) is 4.28. The minimum absolute atomic E-state index is 0.0821. The molecular formula is C24H30N4O3S. The van der Waals surface area contributed by atoms with Gasteiger partial charge in [-0.3, -0.25) is 14.5 Å². The fourth-order valence-corrected chi connectivity index (χ4v) is 4.56. The van der Waals surface area contributed by atoms with Gasteiger partial charge >= 0.3 is 0 Å². The minimum Gasteiger partial charge on any atom is -0.343 e. The lowest BCUT2D eigenvalue weighted by Crippen LogP contribution is -2.31.